The second-order valence-electron chi connectivity index (χ2n) is 2.62. The summed E-state index contributed by atoms with van der Waals surface area (Å²) in [6.07, 6.45) is 1.02. The van der Waals surface area contributed by atoms with Crippen molar-refractivity contribution in [2.75, 3.05) is 0 Å². The van der Waals surface area contributed by atoms with E-state index >= 15 is 0 Å². The Kier molecular flexibility index (Phi) is 4.81. The molecule has 2 atom stereocenters. The summed E-state index contributed by atoms with van der Waals surface area (Å²) in [5.74, 6) is -1.06. The van der Waals surface area contributed by atoms with E-state index in [4.69, 9.17) is 15.9 Å². The number of hydrogen-bond acceptors (Lipinski definition) is 3. The van der Waals surface area contributed by atoms with Gasteiger partial charge in [0.05, 0.1) is 6.10 Å². The van der Waals surface area contributed by atoms with E-state index in [1.54, 1.807) is 0 Å². The second-order valence-corrected chi connectivity index (χ2v) is 2.62. The van der Waals surface area contributed by atoms with Crippen LogP contribution in [0, 0.1) is 0 Å². The summed E-state index contributed by atoms with van der Waals surface area (Å²) in [7, 11) is 0. The summed E-state index contributed by atoms with van der Waals surface area (Å²) < 4.78 is 0. The topological polar surface area (TPSA) is 83.5 Å². The van der Waals surface area contributed by atoms with Gasteiger partial charge in [0.15, 0.2) is 0 Å². The van der Waals surface area contributed by atoms with Crippen LogP contribution in [-0.2, 0) is 4.79 Å². The molecule has 0 aliphatic heterocycles. The summed E-state index contributed by atoms with van der Waals surface area (Å²) in [4.78, 5) is 10.2. The smallest absolute Gasteiger partial charge is 0.320 e. The molecule has 0 aliphatic rings. The van der Waals surface area contributed by atoms with Crippen molar-refractivity contribution in [2.45, 2.75) is 38.3 Å². The van der Waals surface area contributed by atoms with E-state index in [0.717, 1.165) is 6.42 Å². The highest BCUT2D eigenvalue weighted by Gasteiger charge is 2.15. The van der Waals surface area contributed by atoms with Gasteiger partial charge >= 0.3 is 5.97 Å². The van der Waals surface area contributed by atoms with E-state index in [2.05, 4.69) is 0 Å². The van der Waals surface area contributed by atoms with E-state index in [0.29, 0.717) is 6.42 Å². The van der Waals surface area contributed by atoms with Crippen LogP contribution in [0.2, 0.25) is 0 Å². The van der Waals surface area contributed by atoms with Crippen LogP contribution in [-0.4, -0.2) is 28.3 Å². The molecule has 0 saturated heterocycles. The van der Waals surface area contributed by atoms with Crippen molar-refractivity contribution in [1.29, 1.82) is 0 Å². The summed E-state index contributed by atoms with van der Waals surface area (Å²) in [5.41, 5.74) is 5.19. The number of nitrogens with two attached hydrogens (primary N) is 1. The van der Waals surface area contributed by atoms with Crippen LogP contribution in [0.3, 0.4) is 0 Å². The first-order valence-electron chi connectivity index (χ1n) is 3.74. The van der Waals surface area contributed by atoms with Crippen molar-refractivity contribution in [2.24, 2.45) is 5.73 Å². The van der Waals surface area contributed by atoms with Crippen molar-refractivity contribution >= 4 is 5.97 Å². The van der Waals surface area contributed by atoms with Gasteiger partial charge in [0.2, 0.25) is 0 Å². The highest BCUT2D eigenvalue weighted by atomic mass is 16.4. The zero-order chi connectivity index (χ0) is 8.85. The summed E-state index contributed by atoms with van der Waals surface area (Å²) in [6.45, 7) is 1.93. The molecule has 0 radical (unpaired) electrons. The fourth-order valence-corrected chi connectivity index (χ4v) is 0.845. The van der Waals surface area contributed by atoms with Crippen LogP contribution in [0.15, 0.2) is 0 Å². The number of aliphatic hydroxyl groups is 1. The predicted molar refractivity (Wildman–Crippen MR) is 41.1 cm³/mol. The molecular formula is C7H15NO3. The number of carboxylic acids is 1. The molecule has 4 nitrogen and oxygen atoms in total. The van der Waals surface area contributed by atoms with E-state index in [1.807, 2.05) is 6.92 Å². The normalized spacial score (nSPS) is 15.9. The molecule has 0 aliphatic carbocycles. The lowest BCUT2D eigenvalue weighted by Crippen LogP contribution is -2.33. The van der Waals surface area contributed by atoms with Gasteiger partial charge in [0, 0.05) is 0 Å². The van der Waals surface area contributed by atoms with Crippen LogP contribution in [0.25, 0.3) is 0 Å². The zero-order valence-corrected chi connectivity index (χ0v) is 6.66. The van der Waals surface area contributed by atoms with Crippen molar-refractivity contribution in [1.82, 2.24) is 0 Å². The summed E-state index contributed by atoms with van der Waals surface area (Å²) in [5, 5.41) is 17.5. The Morgan fingerprint density at radius 1 is 1.64 bits per heavy atom. The van der Waals surface area contributed by atoms with Gasteiger partial charge in [-0.1, -0.05) is 13.3 Å². The lowest BCUT2D eigenvalue weighted by atomic mass is 10.1. The first kappa shape index (κ1) is 10.4. The average Bonchev–Trinajstić information content (AvgIpc) is 1.87. The number of hydrogen-bond donors (Lipinski definition) is 3. The van der Waals surface area contributed by atoms with Gasteiger partial charge in [0.1, 0.15) is 6.04 Å². The Balaban J connectivity index is 3.56. The maximum Gasteiger partial charge on any atom is 0.320 e. The van der Waals surface area contributed by atoms with Crippen LogP contribution < -0.4 is 5.73 Å². The number of aliphatic carboxylic acids is 1. The lowest BCUT2D eigenvalue weighted by Gasteiger charge is -2.11. The van der Waals surface area contributed by atoms with Crippen LogP contribution in [0.1, 0.15) is 26.2 Å². The van der Waals surface area contributed by atoms with E-state index < -0.39 is 18.1 Å². The molecule has 0 saturated carbocycles. The third-order valence-corrected chi connectivity index (χ3v) is 1.47. The molecule has 0 rings (SSSR count). The van der Waals surface area contributed by atoms with Crippen LogP contribution in [0.4, 0.5) is 0 Å². The van der Waals surface area contributed by atoms with Crippen LogP contribution in [0.5, 0.6) is 0 Å². The molecular weight excluding hydrogens is 146 g/mol. The molecule has 0 amide bonds. The average molecular weight is 161 g/mol. The van der Waals surface area contributed by atoms with Gasteiger partial charge < -0.3 is 15.9 Å². The molecule has 11 heavy (non-hydrogen) atoms. The van der Waals surface area contributed by atoms with Gasteiger partial charge in [-0.15, -0.1) is 0 Å². The molecule has 0 spiro atoms. The van der Waals surface area contributed by atoms with Crippen LogP contribution >= 0.6 is 0 Å². The lowest BCUT2D eigenvalue weighted by molar-refractivity contribution is -0.139. The van der Waals surface area contributed by atoms with Crippen molar-refractivity contribution < 1.29 is 15.0 Å². The minimum atomic E-state index is -1.06. The Labute approximate surface area is 66.0 Å². The molecule has 0 heterocycles. The van der Waals surface area contributed by atoms with Gasteiger partial charge in [-0.05, 0) is 12.8 Å². The monoisotopic (exact) mass is 161 g/mol. The fourth-order valence-electron chi connectivity index (χ4n) is 0.845. The van der Waals surface area contributed by atoms with Gasteiger partial charge in [0.25, 0.3) is 0 Å². The van der Waals surface area contributed by atoms with E-state index in [1.165, 1.54) is 0 Å². The highest BCUT2D eigenvalue weighted by Crippen LogP contribution is 2.03. The Morgan fingerprint density at radius 2 is 2.18 bits per heavy atom. The third-order valence-electron chi connectivity index (χ3n) is 1.47. The Morgan fingerprint density at radius 3 is 2.55 bits per heavy atom. The maximum absolute atomic E-state index is 10.2. The van der Waals surface area contributed by atoms with E-state index in [-0.39, 0.29) is 6.42 Å². The van der Waals surface area contributed by atoms with Crippen molar-refractivity contribution in [3.8, 4) is 0 Å². The predicted octanol–water partition coefficient (Wildman–Crippen LogP) is -0.0506. The zero-order valence-electron chi connectivity index (χ0n) is 6.66. The number of carbonyl (C=O) groups is 1. The second kappa shape index (κ2) is 5.09. The standard InChI is InChI=1S/C7H15NO3/c1-2-3-5(9)4-6(8)7(10)11/h5-6,9H,2-4,8H2,1H3,(H,10,11)/t5-,6-/m0/s1. The SMILES string of the molecule is CCC[C@H](O)C[C@H](N)C(=O)O. The highest BCUT2D eigenvalue weighted by molar-refractivity contribution is 5.73. The quantitative estimate of drug-likeness (QED) is 0.528. The van der Waals surface area contributed by atoms with Gasteiger partial charge in [-0.25, -0.2) is 0 Å². The summed E-state index contributed by atoms with van der Waals surface area (Å²) in [6, 6.07) is -0.934. The molecule has 0 fully saturated rings. The first-order chi connectivity index (χ1) is 5.07. The number of carboxylic acid groups (broad SMARTS) is 1. The van der Waals surface area contributed by atoms with Gasteiger partial charge in [-0.2, -0.15) is 0 Å². The fraction of sp³-hybridized carbons (Fsp3) is 0.857. The third kappa shape index (κ3) is 4.75. The number of aliphatic hydroxyl groups excluding tert-OH is 1. The maximum atomic E-state index is 10.2. The Bertz CT molecular complexity index is 127. The minimum Gasteiger partial charge on any atom is -0.480 e. The molecule has 0 unspecified atom stereocenters. The molecule has 4 heteroatoms. The molecule has 0 aromatic rings. The molecule has 0 bridgehead atoms. The molecule has 66 valence electrons. The largest absolute Gasteiger partial charge is 0.480 e. The number of rotatable bonds is 5. The minimum absolute atomic E-state index is 0.142. The van der Waals surface area contributed by atoms with E-state index in [9.17, 15) is 4.79 Å². The molecule has 0 aromatic heterocycles. The first-order valence-corrected chi connectivity index (χ1v) is 3.74. The van der Waals surface area contributed by atoms with Crippen molar-refractivity contribution in [3.63, 3.8) is 0 Å². The summed E-state index contributed by atoms with van der Waals surface area (Å²) >= 11 is 0. The Hall–Kier alpha value is -0.610. The molecule has 0 aromatic carbocycles. The van der Waals surface area contributed by atoms with Gasteiger partial charge in [-0.3, -0.25) is 4.79 Å². The van der Waals surface area contributed by atoms with Crippen molar-refractivity contribution in [3.05, 3.63) is 0 Å². The molecule has 4 N–H and O–H groups in total.